The molecule has 6 nitrogen and oxygen atoms in total. The van der Waals surface area contributed by atoms with Gasteiger partial charge in [0.05, 0.1) is 6.20 Å². The zero-order chi connectivity index (χ0) is 20.1. The molecule has 28 heavy (non-hydrogen) atoms. The van der Waals surface area contributed by atoms with E-state index in [0.29, 0.717) is 31.0 Å². The first-order chi connectivity index (χ1) is 13.5. The highest BCUT2D eigenvalue weighted by Crippen LogP contribution is 2.20. The van der Waals surface area contributed by atoms with Gasteiger partial charge in [0.15, 0.2) is 5.65 Å². The fourth-order valence-corrected chi connectivity index (χ4v) is 3.37. The van der Waals surface area contributed by atoms with Gasteiger partial charge in [-0.3, -0.25) is 4.79 Å². The largest absolute Gasteiger partial charge is 0.382 e. The van der Waals surface area contributed by atoms with Gasteiger partial charge in [0.25, 0.3) is 5.91 Å². The van der Waals surface area contributed by atoms with Gasteiger partial charge in [-0.25, -0.2) is 9.50 Å². The fraction of sp³-hybridized carbons (Fsp3) is 0.409. The molecule has 0 saturated heterocycles. The Kier molecular flexibility index (Phi) is 6.41. The summed E-state index contributed by atoms with van der Waals surface area (Å²) in [5, 5.41) is 7.35. The van der Waals surface area contributed by atoms with Gasteiger partial charge in [-0.15, -0.1) is 0 Å². The number of ether oxygens (including phenoxy) is 1. The Bertz CT molecular complexity index is 978. The second-order valence-electron chi connectivity index (χ2n) is 7.03. The van der Waals surface area contributed by atoms with E-state index in [9.17, 15) is 4.79 Å². The van der Waals surface area contributed by atoms with Gasteiger partial charge < -0.3 is 10.1 Å². The summed E-state index contributed by atoms with van der Waals surface area (Å²) >= 11 is 0. The first kappa shape index (κ1) is 20.0. The van der Waals surface area contributed by atoms with Crippen LogP contribution in [0.3, 0.4) is 0 Å². The Morgan fingerprint density at radius 3 is 2.82 bits per heavy atom. The maximum absolute atomic E-state index is 12.5. The second kappa shape index (κ2) is 8.97. The molecule has 0 aliphatic rings. The van der Waals surface area contributed by atoms with Crippen molar-refractivity contribution in [3.63, 3.8) is 0 Å². The van der Waals surface area contributed by atoms with Crippen molar-refractivity contribution in [2.75, 3.05) is 19.8 Å². The van der Waals surface area contributed by atoms with Crippen LogP contribution in [-0.2, 0) is 11.2 Å². The van der Waals surface area contributed by atoms with Crippen LogP contribution in [-0.4, -0.2) is 40.3 Å². The van der Waals surface area contributed by atoms with Crippen LogP contribution in [0.4, 0.5) is 0 Å². The smallest absolute Gasteiger partial charge is 0.256 e. The average Bonchev–Trinajstić information content (AvgIpc) is 3.09. The van der Waals surface area contributed by atoms with Crippen molar-refractivity contribution in [2.24, 2.45) is 0 Å². The number of hydrogen-bond acceptors (Lipinski definition) is 4. The molecule has 6 heteroatoms. The molecular weight excluding hydrogens is 352 g/mol. The Balaban J connectivity index is 1.82. The van der Waals surface area contributed by atoms with Crippen molar-refractivity contribution in [1.82, 2.24) is 19.9 Å². The van der Waals surface area contributed by atoms with Crippen LogP contribution in [0.1, 0.15) is 51.8 Å². The van der Waals surface area contributed by atoms with Crippen molar-refractivity contribution in [2.45, 2.75) is 40.5 Å². The number of hydrogen-bond donors (Lipinski definition) is 1. The number of nitrogens with zero attached hydrogens (tertiary/aromatic N) is 3. The van der Waals surface area contributed by atoms with E-state index in [0.717, 1.165) is 29.8 Å². The summed E-state index contributed by atoms with van der Waals surface area (Å²) in [4.78, 5) is 17.3. The molecule has 0 aliphatic heterocycles. The van der Waals surface area contributed by atoms with E-state index >= 15 is 0 Å². The zero-order valence-corrected chi connectivity index (χ0v) is 17.1. The molecule has 0 fully saturated rings. The van der Waals surface area contributed by atoms with Crippen LogP contribution < -0.4 is 5.32 Å². The lowest BCUT2D eigenvalue weighted by Crippen LogP contribution is -2.25. The van der Waals surface area contributed by atoms with Gasteiger partial charge in [0, 0.05) is 37.6 Å². The highest BCUT2D eigenvalue weighted by atomic mass is 16.5. The number of benzene rings is 1. The third-order valence-electron chi connectivity index (χ3n) is 4.87. The summed E-state index contributed by atoms with van der Waals surface area (Å²) in [5.41, 5.74) is 6.67. The lowest BCUT2D eigenvalue weighted by Gasteiger charge is -2.12. The highest BCUT2D eigenvalue weighted by molar-refractivity contribution is 5.99. The van der Waals surface area contributed by atoms with Crippen molar-refractivity contribution in [3.05, 3.63) is 64.1 Å². The van der Waals surface area contributed by atoms with Crippen LogP contribution in [0.5, 0.6) is 0 Å². The molecule has 1 aromatic carbocycles. The van der Waals surface area contributed by atoms with E-state index in [2.05, 4.69) is 41.6 Å². The van der Waals surface area contributed by atoms with Crippen LogP contribution in [0.15, 0.2) is 30.5 Å². The minimum absolute atomic E-state index is 0.149. The molecule has 0 spiro atoms. The quantitative estimate of drug-likeness (QED) is 0.608. The molecule has 2 aromatic heterocycles. The lowest BCUT2D eigenvalue weighted by atomic mass is 10.0. The second-order valence-corrected chi connectivity index (χ2v) is 7.03. The third-order valence-corrected chi connectivity index (χ3v) is 4.87. The number of aromatic nitrogens is 3. The monoisotopic (exact) mass is 380 g/mol. The summed E-state index contributed by atoms with van der Waals surface area (Å²) in [6.45, 7) is 9.98. The van der Waals surface area contributed by atoms with Gasteiger partial charge in [0.1, 0.15) is 5.56 Å². The summed E-state index contributed by atoms with van der Waals surface area (Å²) in [7, 11) is 0. The van der Waals surface area contributed by atoms with E-state index in [-0.39, 0.29) is 5.91 Å². The fourth-order valence-electron chi connectivity index (χ4n) is 3.37. The molecule has 3 aromatic rings. The van der Waals surface area contributed by atoms with E-state index in [4.69, 9.17) is 9.72 Å². The molecule has 1 N–H and O–H groups in total. The number of nitrogens with one attached hydrogen (secondary N) is 1. The minimum atomic E-state index is -0.149. The van der Waals surface area contributed by atoms with Crippen LogP contribution in [0.2, 0.25) is 0 Å². The van der Waals surface area contributed by atoms with Crippen molar-refractivity contribution in [1.29, 1.82) is 0 Å². The molecule has 0 atom stereocenters. The molecule has 148 valence electrons. The minimum Gasteiger partial charge on any atom is -0.382 e. The van der Waals surface area contributed by atoms with Crippen LogP contribution in [0.25, 0.3) is 5.65 Å². The molecule has 1 amide bonds. The lowest BCUT2D eigenvalue weighted by molar-refractivity contribution is 0.0945. The number of carbonyl (C=O) groups excluding carboxylic acids is 1. The van der Waals surface area contributed by atoms with Gasteiger partial charge in [-0.2, -0.15) is 5.10 Å². The topological polar surface area (TPSA) is 68.5 Å². The van der Waals surface area contributed by atoms with E-state index in [1.807, 2.05) is 20.8 Å². The van der Waals surface area contributed by atoms with E-state index in [1.54, 1.807) is 10.7 Å². The number of amides is 1. The first-order valence-corrected chi connectivity index (χ1v) is 9.76. The van der Waals surface area contributed by atoms with Crippen molar-refractivity contribution < 1.29 is 9.53 Å². The predicted molar refractivity (Wildman–Crippen MR) is 110 cm³/mol. The molecule has 3 rings (SSSR count). The number of aryl methyl sites for hydroxylation is 3. The Morgan fingerprint density at radius 2 is 2.07 bits per heavy atom. The Morgan fingerprint density at radius 1 is 1.25 bits per heavy atom. The summed E-state index contributed by atoms with van der Waals surface area (Å²) in [6.07, 6.45) is 3.18. The molecule has 0 saturated carbocycles. The molecule has 0 radical (unpaired) electrons. The van der Waals surface area contributed by atoms with E-state index in [1.165, 1.54) is 11.1 Å². The Hall–Kier alpha value is -2.73. The molecule has 0 unspecified atom stereocenters. The Labute approximate surface area is 165 Å². The summed E-state index contributed by atoms with van der Waals surface area (Å²) in [6, 6.07) is 8.48. The number of carbonyl (C=O) groups is 1. The molecule has 0 aliphatic carbocycles. The van der Waals surface area contributed by atoms with Gasteiger partial charge >= 0.3 is 0 Å². The third kappa shape index (κ3) is 4.39. The standard InChI is InChI=1S/C22H28N4O2/c1-5-28-11-7-10-23-22(27)20-14-24-26-17(4)19(16(3)25-21(20)26)13-18-9-6-8-15(2)12-18/h6,8-9,12,14H,5,7,10-11,13H2,1-4H3,(H,23,27). The van der Waals surface area contributed by atoms with Crippen molar-refractivity contribution >= 4 is 11.6 Å². The normalized spacial score (nSPS) is 11.1. The van der Waals surface area contributed by atoms with Gasteiger partial charge in [-0.1, -0.05) is 29.8 Å². The highest BCUT2D eigenvalue weighted by Gasteiger charge is 2.18. The van der Waals surface area contributed by atoms with Crippen LogP contribution in [0, 0.1) is 20.8 Å². The van der Waals surface area contributed by atoms with Crippen LogP contribution >= 0.6 is 0 Å². The predicted octanol–water partition coefficient (Wildman–Crippen LogP) is 3.40. The number of rotatable bonds is 8. The van der Waals surface area contributed by atoms with Gasteiger partial charge in [0.2, 0.25) is 0 Å². The van der Waals surface area contributed by atoms with Crippen molar-refractivity contribution in [3.8, 4) is 0 Å². The SMILES string of the molecule is CCOCCCNC(=O)c1cnn2c(C)c(Cc3cccc(C)c3)c(C)nc12. The molecule has 0 bridgehead atoms. The van der Waals surface area contributed by atoms with Gasteiger partial charge in [-0.05, 0) is 45.2 Å². The zero-order valence-electron chi connectivity index (χ0n) is 17.1. The van der Waals surface area contributed by atoms with E-state index < -0.39 is 0 Å². The maximum atomic E-state index is 12.5. The summed E-state index contributed by atoms with van der Waals surface area (Å²) in [5.74, 6) is -0.149. The maximum Gasteiger partial charge on any atom is 0.256 e. The molecule has 2 heterocycles. The average molecular weight is 380 g/mol. The molecular formula is C22H28N4O2. The summed E-state index contributed by atoms with van der Waals surface area (Å²) < 4.78 is 7.07. The first-order valence-electron chi connectivity index (χ1n) is 9.76. The number of fused-ring (bicyclic) bond motifs is 1.